The second-order valence-corrected chi connectivity index (χ2v) is 5.27. The third-order valence-electron chi connectivity index (χ3n) is 3.02. The Hall–Kier alpha value is -2.42. The number of carbonyl (C=O) groups excluding carboxylic acids is 1. The minimum absolute atomic E-state index is 0.0711. The molecule has 0 spiro atoms. The molecular formula is C18H20N2O. The monoisotopic (exact) mass is 280 g/mol. The molecule has 0 bridgehead atoms. The largest absolute Gasteiger partial charge is 0.348 e. The van der Waals surface area contributed by atoms with E-state index in [0.29, 0.717) is 18.0 Å². The topological polar surface area (TPSA) is 42.0 Å². The van der Waals surface area contributed by atoms with Crippen LogP contribution in [0, 0.1) is 5.92 Å². The van der Waals surface area contributed by atoms with Crippen molar-refractivity contribution in [3.8, 4) is 0 Å². The van der Waals surface area contributed by atoms with Crippen LogP contribution >= 0.6 is 0 Å². The number of pyridine rings is 1. The fourth-order valence-electron chi connectivity index (χ4n) is 1.84. The molecule has 1 amide bonds. The molecule has 2 rings (SSSR count). The molecule has 0 radical (unpaired) electrons. The Labute approximate surface area is 125 Å². The lowest BCUT2D eigenvalue weighted by molar-refractivity contribution is 0.0951. The fourth-order valence-corrected chi connectivity index (χ4v) is 1.84. The second kappa shape index (κ2) is 7.39. The van der Waals surface area contributed by atoms with Crippen molar-refractivity contribution in [2.45, 2.75) is 20.4 Å². The Morgan fingerprint density at radius 1 is 1.24 bits per heavy atom. The second-order valence-electron chi connectivity index (χ2n) is 5.27. The summed E-state index contributed by atoms with van der Waals surface area (Å²) in [7, 11) is 0. The van der Waals surface area contributed by atoms with Crippen LogP contribution in [0.4, 0.5) is 0 Å². The van der Waals surface area contributed by atoms with Gasteiger partial charge < -0.3 is 5.32 Å². The van der Waals surface area contributed by atoms with E-state index in [2.05, 4.69) is 36.3 Å². The van der Waals surface area contributed by atoms with Crippen molar-refractivity contribution in [2.75, 3.05) is 0 Å². The zero-order chi connectivity index (χ0) is 15.1. The predicted molar refractivity (Wildman–Crippen MR) is 85.7 cm³/mol. The average Bonchev–Trinajstić information content (AvgIpc) is 2.52. The number of rotatable bonds is 5. The van der Waals surface area contributed by atoms with Gasteiger partial charge in [-0.15, -0.1) is 0 Å². The highest BCUT2D eigenvalue weighted by molar-refractivity contribution is 5.94. The van der Waals surface area contributed by atoms with E-state index >= 15 is 0 Å². The lowest BCUT2D eigenvalue weighted by Gasteiger charge is -2.05. The molecular weight excluding hydrogens is 260 g/mol. The molecule has 3 nitrogen and oxygen atoms in total. The zero-order valence-corrected chi connectivity index (χ0v) is 12.4. The number of hydrogen-bond acceptors (Lipinski definition) is 2. The van der Waals surface area contributed by atoms with Gasteiger partial charge in [0, 0.05) is 24.5 Å². The van der Waals surface area contributed by atoms with Crippen molar-refractivity contribution in [2.24, 2.45) is 5.92 Å². The maximum Gasteiger partial charge on any atom is 0.251 e. The standard InChI is InChI=1S/C18H20N2O/c1-14(2)5-6-15-7-9-17(10-8-15)18(21)20-13-16-4-3-11-19-12-16/h3-12,14H,13H2,1-2H3,(H,20,21). The number of allylic oxidation sites excluding steroid dienone is 1. The summed E-state index contributed by atoms with van der Waals surface area (Å²) in [5.74, 6) is 0.450. The molecule has 1 N–H and O–H groups in total. The first-order valence-corrected chi connectivity index (χ1v) is 7.10. The van der Waals surface area contributed by atoms with E-state index in [0.717, 1.165) is 11.1 Å². The highest BCUT2D eigenvalue weighted by Gasteiger charge is 2.04. The van der Waals surface area contributed by atoms with E-state index in [9.17, 15) is 4.79 Å². The highest BCUT2D eigenvalue weighted by atomic mass is 16.1. The molecule has 0 aliphatic carbocycles. The fraction of sp³-hybridized carbons (Fsp3) is 0.222. The van der Waals surface area contributed by atoms with Gasteiger partial charge in [-0.05, 0) is 35.2 Å². The number of carbonyl (C=O) groups is 1. The van der Waals surface area contributed by atoms with Gasteiger partial charge in [-0.3, -0.25) is 9.78 Å². The van der Waals surface area contributed by atoms with Crippen molar-refractivity contribution >= 4 is 12.0 Å². The Balaban J connectivity index is 1.94. The molecule has 0 unspecified atom stereocenters. The molecule has 0 atom stereocenters. The third kappa shape index (κ3) is 4.88. The van der Waals surface area contributed by atoms with E-state index < -0.39 is 0 Å². The van der Waals surface area contributed by atoms with Crippen LogP contribution < -0.4 is 5.32 Å². The molecule has 108 valence electrons. The molecule has 0 fully saturated rings. The van der Waals surface area contributed by atoms with Crippen molar-refractivity contribution in [1.82, 2.24) is 10.3 Å². The van der Waals surface area contributed by atoms with Gasteiger partial charge in [0.15, 0.2) is 0 Å². The summed E-state index contributed by atoms with van der Waals surface area (Å²) in [6.07, 6.45) is 7.67. The number of aromatic nitrogens is 1. The molecule has 0 aliphatic heterocycles. The molecule has 1 aromatic carbocycles. The highest BCUT2D eigenvalue weighted by Crippen LogP contribution is 2.08. The predicted octanol–water partition coefficient (Wildman–Crippen LogP) is 3.68. The van der Waals surface area contributed by atoms with Crippen LogP contribution in [-0.4, -0.2) is 10.9 Å². The van der Waals surface area contributed by atoms with Gasteiger partial charge in [-0.25, -0.2) is 0 Å². The van der Waals surface area contributed by atoms with Crippen molar-refractivity contribution in [3.05, 3.63) is 71.6 Å². The quantitative estimate of drug-likeness (QED) is 0.907. The van der Waals surface area contributed by atoms with Gasteiger partial charge in [0.2, 0.25) is 0 Å². The molecule has 1 aromatic heterocycles. The molecule has 0 saturated carbocycles. The van der Waals surface area contributed by atoms with E-state index in [4.69, 9.17) is 0 Å². The van der Waals surface area contributed by atoms with Crippen LogP contribution in [0.25, 0.3) is 6.08 Å². The first-order valence-electron chi connectivity index (χ1n) is 7.10. The summed E-state index contributed by atoms with van der Waals surface area (Å²) in [4.78, 5) is 16.1. The number of nitrogens with one attached hydrogen (secondary N) is 1. The Morgan fingerprint density at radius 2 is 2.00 bits per heavy atom. The van der Waals surface area contributed by atoms with Gasteiger partial charge in [-0.2, -0.15) is 0 Å². The van der Waals surface area contributed by atoms with Gasteiger partial charge in [0.1, 0.15) is 0 Å². The van der Waals surface area contributed by atoms with E-state index in [1.807, 2.05) is 36.4 Å². The Kier molecular flexibility index (Phi) is 5.27. The maximum absolute atomic E-state index is 12.0. The number of amides is 1. The minimum Gasteiger partial charge on any atom is -0.348 e. The van der Waals surface area contributed by atoms with Crippen LogP contribution in [-0.2, 0) is 6.54 Å². The van der Waals surface area contributed by atoms with Gasteiger partial charge in [0.25, 0.3) is 5.91 Å². The van der Waals surface area contributed by atoms with Crippen molar-refractivity contribution in [3.63, 3.8) is 0 Å². The molecule has 0 saturated heterocycles. The summed E-state index contributed by atoms with van der Waals surface area (Å²) in [5.41, 5.74) is 2.76. The average molecular weight is 280 g/mol. The number of nitrogens with zero attached hydrogens (tertiary/aromatic N) is 1. The summed E-state index contributed by atoms with van der Waals surface area (Å²) < 4.78 is 0. The Morgan fingerprint density at radius 3 is 2.62 bits per heavy atom. The van der Waals surface area contributed by atoms with Crippen LogP contribution in [0.5, 0.6) is 0 Å². The van der Waals surface area contributed by atoms with Gasteiger partial charge in [0.05, 0.1) is 0 Å². The SMILES string of the molecule is CC(C)C=Cc1ccc(C(=O)NCc2cccnc2)cc1. The third-order valence-corrected chi connectivity index (χ3v) is 3.02. The first-order chi connectivity index (χ1) is 10.1. The normalized spacial score (nSPS) is 11.0. The van der Waals surface area contributed by atoms with Crippen molar-refractivity contribution in [1.29, 1.82) is 0 Å². The minimum atomic E-state index is -0.0711. The lowest BCUT2D eigenvalue weighted by atomic mass is 10.1. The molecule has 0 aliphatic rings. The first kappa shape index (κ1) is 15.0. The summed E-state index contributed by atoms with van der Waals surface area (Å²) in [5, 5.41) is 2.89. The van der Waals surface area contributed by atoms with Crippen LogP contribution in [0.15, 0.2) is 54.9 Å². The molecule has 2 aromatic rings. The van der Waals surface area contributed by atoms with E-state index in [1.54, 1.807) is 12.4 Å². The smallest absolute Gasteiger partial charge is 0.251 e. The number of benzene rings is 1. The summed E-state index contributed by atoms with van der Waals surface area (Å²) in [6, 6.07) is 11.4. The zero-order valence-electron chi connectivity index (χ0n) is 12.4. The van der Waals surface area contributed by atoms with Crippen molar-refractivity contribution < 1.29 is 4.79 Å². The Bertz CT molecular complexity index is 601. The lowest BCUT2D eigenvalue weighted by Crippen LogP contribution is -2.22. The van der Waals surface area contributed by atoms with Gasteiger partial charge in [-0.1, -0.05) is 44.2 Å². The number of hydrogen-bond donors (Lipinski definition) is 1. The maximum atomic E-state index is 12.0. The van der Waals surface area contributed by atoms with Crippen LogP contribution in [0.2, 0.25) is 0 Å². The van der Waals surface area contributed by atoms with Crippen LogP contribution in [0.1, 0.15) is 35.3 Å². The van der Waals surface area contributed by atoms with E-state index in [-0.39, 0.29) is 5.91 Å². The van der Waals surface area contributed by atoms with Crippen LogP contribution in [0.3, 0.4) is 0 Å². The van der Waals surface area contributed by atoms with E-state index in [1.165, 1.54) is 0 Å². The molecule has 1 heterocycles. The molecule has 21 heavy (non-hydrogen) atoms. The summed E-state index contributed by atoms with van der Waals surface area (Å²) >= 11 is 0. The van der Waals surface area contributed by atoms with Gasteiger partial charge >= 0.3 is 0 Å². The summed E-state index contributed by atoms with van der Waals surface area (Å²) in [6.45, 7) is 4.76. The molecule has 3 heteroatoms.